The zero-order valence-corrected chi connectivity index (χ0v) is 15.8. The smallest absolute Gasteiger partial charge is 0.315 e. The summed E-state index contributed by atoms with van der Waals surface area (Å²) in [5.41, 5.74) is 3.10. The minimum absolute atomic E-state index is 0.0681. The monoisotopic (exact) mass is 370 g/mol. The molecule has 0 bridgehead atoms. The lowest BCUT2D eigenvalue weighted by atomic mass is 9.93. The Hall–Kier alpha value is -2.83. The molecule has 1 aromatic heterocycles. The maximum absolute atomic E-state index is 12.6. The number of urea groups is 1. The number of nitrogens with one attached hydrogen (secondary N) is 2. The van der Waals surface area contributed by atoms with Gasteiger partial charge in [-0.05, 0) is 31.7 Å². The second-order valence-corrected chi connectivity index (χ2v) is 6.71. The van der Waals surface area contributed by atoms with Crippen molar-refractivity contribution in [2.45, 2.75) is 44.7 Å². The number of ether oxygens (including phenoxy) is 1. The van der Waals surface area contributed by atoms with Gasteiger partial charge in [0.25, 0.3) is 0 Å². The van der Waals surface area contributed by atoms with E-state index in [1.165, 1.54) is 0 Å². The van der Waals surface area contributed by atoms with E-state index in [0.717, 1.165) is 36.1 Å². The van der Waals surface area contributed by atoms with E-state index < -0.39 is 6.04 Å². The van der Waals surface area contributed by atoms with Crippen LogP contribution in [0.15, 0.2) is 36.5 Å². The number of rotatable bonds is 6. The molecule has 0 aliphatic heterocycles. The number of hydrogen-bond donors (Lipinski definition) is 2. The fourth-order valence-electron chi connectivity index (χ4n) is 3.54. The van der Waals surface area contributed by atoms with Crippen molar-refractivity contribution in [3.8, 4) is 0 Å². The number of benzene rings is 1. The second kappa shape index (κ2) is 8.70. The fourth-order valence-corrected chi connectivity index (χ4v) is 3.54. The number of esters is 1. The van der Waals surface area contributed by atoms with Crippen LogP contribution in [0.3, 0.4) is 0 Å². The molecule has 0 unspecified atom stereocenters. The summed E-state index contributed by atoms with van der Waals surface area (Å²) in [6.45, 7) is 2.09. The Morgan fingerprint density at radius 2 is 2.11 bits per heavy atom. The first-order valence-electron chi connectivity index (χ1n) is 9.36. The lowest BCUT2D eigenvalue weighted by Crippen LogP contribution is -2.41. The summed E-state index contributed by atoms with van der Waals surface area (Å²) in [7, 11) is 1.92. The molecule has 2 N–H and O–H groups in total. The first-order chi connectivity index (χ1) is 13.1. The topological polar surface area (TPSA) is 85.2 Å². The molecule has 0 fully saturated rings. The predicted molar refractivity (Wildman–Crippen MR) is 101 cm³/mol. The molecule has 7 nitrogen and oxygen atoms in total. The highest BCUT2D eigenvalue weighted by atomic mass is 16.5. The fraction of sp³-hybridized carbons (Fsp3) is 0.450. The predicted octanol–water partition coefficient (Wildman–Crippen LogP) is 2.79. The Labute approximate surface area is 159 Å². The molecule has 1 aliphatic carbocycles. The van der Waals surface area contributed by atoms with E-state index in [-0.39, 0.29) is 24.5 Å². The van der Waals surface area contributed by atoms with Crippen LogP contribution in [-0.2, 0) is 23.0 Å². The van der Waals surface area contributed by atoms with Gasteiger partial charge in [0.1, 0.15) is 0 Å². The number of carbonyl (C=O) groups is 2. The number of amides is 2. The van der Waals surface area contributed by atoms with Crippen LogP contribution in [0.1, 0.15) is 55.1 Å². The first-order valence-corrected chi connectivity index (χ1v) is 9.36. The average molecular weight is 370 g/mol. The zero-order chi connectivity index (χ0) is 19.2. The Kier molecular flexibility index (Phi) is 6.11. The van der Waals surface area contributed by atoms with Crippen LogP contribution in [0.5, 0.6) is 0 Å². The molecule has 2 aromatic rings. The van der Waals surface area contributed by atoms with Crippen molar-refractivity contribution in [2.75, 3.05) is 6.61 Å². The van der Waals surface area contributed by atoms with Crippen LogP contribution in [-0.4, -0.2) is 28.4 Å². The van der Waals surface area contributed by atoms with Gasteiger partial charge in [-0.1, -0.05) is 30.3 Å². The number of fused-ring (bicyclic) bond motifs is 1. The molecular weight excluding hydrogens is 344 g/mol. The molecule has 0 radical (unpaired) electrons. The number of hydrogen-bond acceptors (Lipinski definition) is 4. The maximum Gasteiger partial charge on any atom is 0.315 e. The lowest BCUT2D eigenvalue weighted by molar-refractivity contribution is -0.143. The number of carbonyl (C=O) groups excluding carboxylic acids is 2. The van der Waals surface area contributed by atoms with E-state index in [9.17, 15) is 9.59 Å². The highest BCUT2D eigenvalue weighted by Gasteiger charge is 2.26. The minimum Gasteiger partial charge on any atom is -0.466 e. The quantitative estimate of drug-likeness (QED) is 0.766. The van der Waals surface area contributed by atoms with Crippen molar-refractivity contribution in [1.82, 2.24) is 20.4 Å². The van der Waals surface area contributed by atoms with Crippen molar-refractivity contribution in [1.29, 1.82) is 0 Å². The van der Waals surface area contributed by atoms with Gasteiger partial charge >= 0.3 is 12.0 Å². The molecule has 2 amide bonds. The molecule has 27 heavy (non-hydrogen) atoms. The molecule has 0 spiro atoms. The van der Waals surface area contributed by atoms with Gasteiger partial charge in [-0.3, -0.25) is 9.48 Å². The van der Waals surface area contributed by atoms with Crippen LogP contribution in [0, 0.1) is 0 Å². The number of aryl methyl sites for hydroxylation is 1. The maximum atomic E-state index is 12.6. The summed E-state index contributed by atoms with van der Waals surface area (Å²) in [4.78, 5) is 24.6. The highest BCUT2D eigenvalue weighted by Crippen LogP contribution is 2.29. The molecule has 1 heterocycles. The molecule has 7 heteroatoms. The van der Waals surface area contributed by atoms with Crippen molar-refractivity contribution < 1.29 is 14.3 Å². The van der Waals surface area contributed by atoms with E-state index >= 15 is 0 Å². The van der Waals surface area contributed by atoms with Crippen LogP contribution in [0.25, 0.3) is 0 Å². The Morgan fingerprint density at radius 1 is 1.33 bits per heavy atom. The van der Waals surface area contributed by atoms with Gasteiger partial charge in [-0.15, -0.1) is 0 Å². The Balaban J connectivity index is 1.68. The van der Waals surface area contributed by atoms with Gasteiger partial charge in [0.15, 0.2) is 0 Å². The highest BCUT2D eigenvalue weighted by molar-refractivity contribution is 5.77. The normalized spacial score (nSPS) is 16.9. The first kappa shape index (κ1) is 18.9. The number of nitrogens with zero attached hydrogens (tertiary/aromatic N) is 2. The molecule has 3 rings (SSSR count). The van der Waals surface area contributed by atoms with Crippen LogP contribution in [0.4, 0.5) is 4.79 Å². The van der Waals surface area contributed by atoms with E-state index in [4.69, 9.17) is 4.74 Å². The summed E-state index contributed by atoms with van der Waals surface area (Å²) in [5, 5.41) is 10.3. The van der Waals surface area contributed by atoms with E-state index in [2.05, 4.69) is 15.7 Å². The summed E-state index contributed by atoms with van der Waals surface area (Å²) >= 11 is 0. The molecule has 2 atom stereocenters. The van der Waals surface area contributed by atoms with Crippen LogP contribution < -0.4 is 10.6 Å². The molecule has 1 aromatic carbocycles. The Morgan fingerprint density at radius 3 is 2.85 bits per heavy atom. The van der Waals surface area contributed by atoms with Crippen molar-refractivity contribution in [2.24, 2.45) is 7.05 Å². The summed E-state index contributed by atoms with van der Waals surface area (Å²) in [6.07, 6.45) is 4.77. The van der Waals surface area contributed by atoms with E-state index in [1.54, 1.807) is 6.92 Å². The number of aromatic nitrogens is 2. The summed E-state index contributed by atoms with van der Waals surface area (Å²) in [5.74, 6) is -0.334. The van der Waals surface area contributed by atoms with Gasteiger partial charge in [0.2, 0.25) is 0 Å². The lowest BCUT2D eigenvalue weighted by Gasteiger charge is -2.25. The third-order valence-corrected chi connectivity index (χ3v) is 4.86. The van der Waals surface area contributed by atoms with Crippen molar-refractivity contribution in [3.63, 3.8) is 0 Å². The zero-order valence-electron chi connectivity index (χ0n) is 15.8. The molecular formula is C20H26N4O3. The third-order valence-electron chi connectivity index (χ3n) is 4.86. The van der Waals surface area contributed by atoms with E-state index in [1.807, 2.05) is 48.3 Å². The minimum atomic E-state index is -0.442. The Bertz CT molecular complexity index is 788. The SMILES string of the molecule is CCOC(=O)C[C@H](NC(=O)N[C@H]1CCCc2c1cnn2C)c1ccccc1. The summed E-state index contributed by atoms with van der Waals surface area (Å²) < 4.78 is 6.92. The van der Waals surface area contributed by atoms with Gasteiger partial charge in [-0.25, -0.2) is 4.79 Å². The van der Waals surface area contributed by atoms with Gasteiger partial charge < -0.3 is 15.4 Å². The van der Waals surface area contributed by atoms with Crippen molar-refractivity contribution >= 4 is 12.0 Å². The van der Waals surface area contributed by atoms with Crippen LogP contribution in [0.2, 0.25) is 0 Å². The molecule has 1 aliphatic rings. The largest absolute Gasteiger partial charge is 0.466 e. The van der Waals surface area contributed by atoms with Crippen LogP contribution >= 0.6 is 0 Å². The van der Waals surface area contributed by atoms with E-state index in [0.29, 0.717) is 6.61 Å². The molecule has 144 valence electrons. The van der Waals surface area contributed by atoms with Gasteiger partial charge in [-0.2, -0.15) is 5.10 Å². The summed E-state index contributed by atoms with van der Waals surface area (Å²) in [6, 6.07) is 8.65. The third kappa shape index (κ3) is 4.67. The second-order valence-electron chi connectivity index (χ2n) is 6.71. The average Bonchev–Trinajstić information content (AvgIpc) is 3.04. The standard InChI is InChI=1S/C20H26N4O3/c1-3-27-19(25)12-17(14-8-5-4-6-9-14)23-20(26)22-16-10-7-11-18-15(16)13-21-24(18)2/h4-6,8-9,13,16-17H,3,7,10-12H2,1-2H3,(H2,22,23,26)/t16-,17-/m0/s1. The van der Waals surface area contributed by atoms with Gasteiger partial charge in [0, 0.05) is 18.3 Å². The van der Waals surface area contributed by atoms with Gasteiger partial charge in [0.05, 0.1) is 31.3 Å². The molecule has 0 saturated heterocycles. The molecule has 0 saturated carbocycles. The van der Waals surface area contributed by atoms with Crippen molar-refractivity contribution in [3.05, 3.63) is 53.3 Å².